The van der Waals surface area contributed by atoms with E-state index in [1.165, 1.54) is 18.4 Å². The standard InChI is InChI=1S/C7H7F3O2/c1-11-6(7(8,9)10)5-3-2-4-12-5/h2-4,6H,1H3. The number of furan rings is 1. The van der Waals surface area contributed by atoms with Crippen molar-refractivity contribution in [2.75, 3.05) is 7.11 Å². The van der Waals surface area contributed by atoms with Crippen molar-refractivity contribution in [1.29, 1.82) is 0 Å². The number of hydrogen-bond donors (Lipinski definition) is 0. The van der Waals surface area contributed by atoms with E-state index < -0.39 is 12.3 Å². The number of rotatable bonds is 2. The van der Waals surface area contributed by atoms with Crippen LogP contribution in [-0.4, -0.2) is 13.3 Å². The van der Waals surface area contributed by atoms with Crippen LogP contribution >= 0.6 is 0 Å². The number of hydrogen-bond acceptors (Lipinski definition) is 2. The molecule has 0 aliphatic heterocycles. The number of alkyl halides is 3. The summed E-state index contributed by atoms with van der Waals surface area (Å²) >= 11 is 0. The second-order valence-electron chi connectivity index (χ2n) is 2.17. The fraction of sp³-hybridized carbons (Fsp3) is 0.429. The van der Waals surface area contributed by atoms with Crippen molar-refractivity contribution >= 4 is 0 Å². The molecule has 0 spiro atoms. The van der Waals surface area contributed by atoms with Gasteiger partial charge in [-0.25, -0.2) is 0 Å². The first-order chi connectivity index (χ1) is 5.55. The average Bonchev–Trinajstić information content (AvgIpc) is 2.38. The van der Waals surface area contributed by atoms with Crippen LogP contribution in [-0.2, 0) is 4.74 Å². The van der Waals surface area contributed by atoms with Gasteiger partial charge in [-0.05, 0) is 12.1 Å². The molecule has 0 aliphatic rings. The Morgan fingerprint density at radius 2 is 2.17 bits per heavy atom. The molecule has 1 unspecified atom stereocenters. The predicted octanol–water partition coefficient (Wildman–Crippen LogP) is 2.53. The van der Waals surface area contributed by atoms with E-state index in [-0.39, 0.29) is 5.76 Å². The molecule has 2 nitrogen and oxygen atoms in total. The fourth-order valence-corrected chi connectivity index (χ4v) is 0.852. The third-order valence-corrected chi connectivity index (χ3v) is 1.33. The molecule has 1 rings (SSSR count). The van der Waals surface area contributed by atoms with Crippen LogP contribution in [0.25, 0.3) is 0 Å². The summed E-state index contributed by atoms with van der Waals surface area (Å²) in [5.74, 6) is -0.231. The van der Waals surface area contributed by atoms with Crippen molar-refractivity contribution in [3.05, 3.63) is 24.2 Å². The van der Waals surface area contributed by atoms with Gasteiger partial charge in [0.2, 0.25) is 6.10 Å². The Morgan fingerprint density at radius 1 is 1.50 bits per heavy atom. The Labute approximate surface area is 66.9 Å². The largest absolute Gasteiger partial charge is 0.466 e. The van der Waals surface area contributed by atoms with Crippen LogP contribution in [0.4, 0.5) is 13.2 Å². The summed E-state index contributed by atoms with van der Waals surface area (Å²) < 4.78 is 45.1. The van der Waals surface area contributed by atoms with Crippen LogP contribution in [0, 0.1) is 0 Å². The molecule has 1 aromatic rings. The summed E-state index contributed by atoms with van der Waals surface area (Å²) in [6.45, 7) is 0. The van der Waals surface area contributed by atoms with Gasteiger partial charge in [0.25, 0.3) is 0 Å². The molecule has 68 valence electrons. The predicted molar refractivity (Wildman–Crippen MR) is 34.5 cm³/mol. The molecule has 0 aromatic carbocycles. The number of ether oxygens (including phenoxy) is 1. The maximum atomic E-state index is 12.1. The molecule has 5 heteroatoms. The first-order valence-electron chi connectivity index (χ1n) is 3.18. The highest BCUT2D eigenvalue weighted by Crippen LogP contribution is 2.35. The zero-order valence-electron chi connectivity index (χ0n) is 6.26. The minimum absolute atomic E-state index is 0.231. The molecule has 0 N–H and O–H groups in total. The molecule has 12 heavy (non-hydrogen) atoms. The fourth-order valence-electron chi connectivity index (χ4n) is 0.852. The van der Waals surface area contributed by atoms with Gasteiger partial charge in [0.1, 0.15) is 5.76 Å². The lowest BCUT2D eigenvalue weighted by Gasteiger charge is -2.15. The summed E-state index contributed by atoms with van der Waals surface area (Å²) in [6.07, 6.45) is -5.22. The molecule has 1 atom stereocenters. The van der Waals surface area contributed by atoms with Crippen molar-refractivity contribution in [1.82, 2.24) is 0 Å². The summed E-state index contributed by atoms with van der Waals surface area (Å²) in [5, 5.41) is 0. The minimum atomic E-state index is -4.42. The third kappa shape index (κ3) is 1.79. The van der Waals surface area contributed by atoms with Crippen molar-refractivity contribution < 1.29 is 22.3 Å². The van der Waals surface area contributed by atoms with E-state index in [2.05, 4.69) is 9.15 Å². The Bertz CT molecular complexity index is 227. The van der Waals surface area contributed by atoms with Crippen LogP contribution in [0.3, 0.4) is 0 Å². The molecule has 0 saturated heterocycles. The van der Waals surface area contributed by atoms with E-state index in [0.717, 1.165) is 7.11 Å². The average molecular weight is 180 g/mol. The summed E-state index contributed by atoms with van der Waals surface area (Å²) in [4.78, 5) is 0. The maximum Gasteiger partial charge on any atom is 0.421 e. The lowest BCUT2D eigenvalue weighted by Crippen LogP contribution is -2.21. The third-order valence-electron chi connectivity index (χ3n) is 1.33. The van der Waals surface area contributed by atoms with Gasteiger partial charge in [0, 0.05) is 7.11 Å². The number of halogens is 3. The topological polar surface area (TPSA) is 22.4 Å². The van der Waals surface area contributed by atoms with Gasteiger partial charge in [0.15, 0.2) is 0 Å². The Hall–Kier alpha value is -0.970. The van der Waals surface area contributed by atoms with Crippen LogP contribution in [0.1, 0.15) is 11.9 Å². The first kappa shape index (κ1) is 9.12. The van der Waals surface area contributed by atoms with Crippen LogP contribution < -0.4 is 0 Å². The Morgan fingerprint density at radius 3 is 2.50 bits per heavy atom. The summed E-state index contributed by atoms with van der Waals surface area (Å²) in [7, 11) is 0.987. The van der Waals surface area contributed by atoms with Gasteiger partial charge in [-0.3, -0.25) is 0 Å². The smallest absolute Gasteiger partial charge is 0.421 e. The Kier molecular flexibility index (Phi) is 2.42. The van der Waals surface area contributed by atoms with E-state index in [9.17, 15) is 13.2 Å². The van der Waals surface area contributed by atoms with Crippen molar-refractivity contribution in [3.63, 3.8) is 0 Å². The van der Waals surface area contributed by atoms with E-state index >= 15 is 0 Å². The second-order valence-corrected chi connectivity index (χ2v) is 2.17. The minimum Gasteiger partial charge on any atom is -0.466 e. The highest BCUT2D eigenvalue weighted by Gasteiger charge is 2.42. The van der Waals surface area contributed by atoms with E-state index in [0.29, 0.717) is 0 Å². The van der Waals surface area contributed by atoms with Gasteiger partial charge < -0.3 is 9.15 Å². The number of methoxy groups -OCH3 is 1. The van der Waals surface area contributed by atoms with Gasteiger partial charge in [-0.1, -0.05) is 0 Å². The monoisotopic (exact) mass is 180 g/mol. The van der Waals surface area contributed by atoms with Crippen molar-refractivity contribution in [2.45, 2.75) is 12.3 Å². The van der Waals surface area contributed by atoms with Gasteiger partial charge in [0.05, 0.1) is 6.26 Å². The maximum absolute atomic E-state index is 12.1. The van der Waals surface area contributed by atoms with E-state index in [1.807, 2.05) is 0 Å². The zero-order valence-corrected chi connectivity index (χ0v) is 6.26. The molecule has 1 heterocycles. The van der Waals surface area contributed by atoms with Crippen LogP contribution in [0.5, 0.6) is 0 Å². The van der Waals surface area contributed by atoms with E-state index in [1.54, 1.807) is 0 Å². The summed E-state index contributed by atoms with van der Waals surface area (Å²) in [5.41, 5.74) is 0. The summed E-state index contributed by atoms with van der Waals surface area (Å²) in [6, 6.07) is 2.61. The first-order valence-corrected chi connectivity index (χ1v) is 3.18. The van der Waals surface area contributed by atoms with Crippen molar-refractivity contribution in [2.24, 2.45) is 0 Å². The van der Waals surface area contributed by atoms with Crippen molar-refractivity contribution in [3.8, 4) is 0 Å². The molecule has 1 aromatic heterocycles. The normalized spacial score (nSPS) is 14.7. The Balaban J connectivity index is 2.84. The second kappa shape index (κ2) is 3.18. The highest BCUT2D eigenvalue weighted by molar-refractivity contribution is 5.04. The molecular weight excluding hydrogens is 173 g/mol. The van der Waals surface area contributed by atoms with Gasteiger partial charge in [-0.15, -0.1) is 0 Å². The molecule has 0 fully saturated rings. The molecular formula is C7H7F3O2. The lowest BCUT2D eigenvalue weighted by molar-refractivity contribution is -0.220. The zero-order chi connectivity index (χ0) is 9.19. The molecule has 0 bridgehead atoms. The quantitative estimate of drug-likeness (QED) is 0.697. The van der Waals surface area contributed by atoms with Gasteiger partial charge >= 0.3 is 6.18 Å². The molecule has 0 radical (unpaired) electrons. The van der Waals surface area contributed by atoms with Crippen LogP contribution in [0.2, 0.25) is 0 Å². The molecule has 0 saturated carbocycles. The van der Waals surface area contributed by atoms with E-state index in [4.69, 9.17) is 0 Å². The van der Waals surface area contributed by atoms with Crippen LogP contribution in [0.15, 0.2) is 22.8 Å². The van der Waals surface area contributed by atoms with Gasteiger partial charge in [-0.2, -0.15) is 13.2 Å². The molecule has 0 amide bonds. The molecule has 0 aliphatic carbocycles. The lowest BCUT2D eigenvalue weighted by atomic mass is 10.2. The SMILES string of the molecule is COC(c1ccco1)C(F)(F)F. The highest BCUT2D eigenvalue weighted by atomic mass is 19.4.